The molecule has 0 spiro atoms. The van der Waals surface area contributed by atoms with E-state index in [1.54, 1.807) is 0 Å². The first-order chi connectivity index (χ1) is 11.6. The fourth-order valence-corrected chi connectivity index (χ4v) is 2.32. The summed E-state index contributed by atoms with van der Waals surface area (Å²) in [5.74, 6) is 0.461. The monoisotopic (exact) mass is 328 g/mol. The standard InChI is InChI=1S/C18H20N2O4/c1-2-14(15-6-4-3-5-7-15)12-19-18(21)13-24-17-10-8-16(9-11-17)20(22)23/h3-11,14H,2,12-13H2,1H3,(H,19,21). The maximum atomic E-state index is 11.9. The smallest absolute Gasteiger partial charge is 0.269 e. The molecule has 0 aliphatic carbocycles. The Morgan fingerprint density at radius 2 is 1.83 bits per heavy atom. The lowest BCUT2D eigenvalue weighted by atomic mass is 9.96. The summed E-state index contributed by atoms with van der Waals surface area (Å²) in [6.45, 7) is 2.50. The van der Waals surface area contributed by atoms with Crippen LogP contribution in [0.15, 0.2) is 54.6 Å². The average Bonchev–Trinajstić information content (AvgIpc) is 2.61. The van der Waals surface area contributed by atoms with Crippen molar-refractivity contribution in [1.82, 2.24) is 5.32 Å². The van der Waals surface area contributed by atoms with Crippen molar-refractivity contribution in [2.75, 3.05) is 13.2 Å². The Morgan fingerprint density at radius 3 is 2.42 bits per heavy atom. The molecule has 0 radical (unpaired) electrons. The van der Waals surface area contributed by atoms with Gasteiger partial charge in [0.25, 0.3) is 11.6 Å². The van der Waals surface area contributed by atoms with Crippen LogP contribution in [-0.2, 0) is 4.79 Å². The molecular weight excluding hydrogens is 308 g/mol. The summed E-state index contributed by atoms with van der Waals surface area (Å²) in [5.41, 5.74) is 1.18. The van der Waals surface area contributed by atoms with Gasteiger partial charge in [0.1, 0.15) is 5.75 Å². The predicted octanol–water partition coefficient (Wildman–Crippen LogP) is 3.28. The first-order valence-electron chi connectivity index (χ1n) is 7.79. The molecule has 0 aromatic heterocycles. The minimum Gasteiger partial charge on any atom is -0.484 e. The number of nitrogens with one attached hydrogen (secondary N) is 1. The van der Waals surface area contributed by atoms with Crippen molar-refractivity contribution >= 4 is 11.6 Å². The van der Waals surface area contributed by atoms with Gasteiger partial charge >= 0.3 is 0 Å². The highest BCUT2D eigenvalue weighted by atomic mass is 16.6. The second-order valence-corrected chi connectivity index (χ2v) is 5.36. The van der Waals surface area contributed by atoms with Crippen molar-refractivity contribution in [3.05, 3.63) is 70.3 Å². The topological polar surface area (TPSA) is 81.5 Å². The third-order valence-corrected chi connectivity index (χ3v) is 3.73. The zero-order chi connectivity index (χ0) is 17.4. The maximum Gasteiger partial charge on any atom is 0.269 e. The molecule has 2 aromatic carbocycles. The highest BCUT2D eigenvalue weighted by Crippen LogP contribution is 2.18. The predicted molar refractivity (Wildman–Crippen MR) is 91.1 cm³/mol. The van der Waals surface area contributed by atoms with Gasteiger partial charge in [-0.2, -0.15) is 0 Å². The first-order valence-corrected chi connectivity index (χ1v) is 7.79. The van der Waals surface area contributed by atoms with E-state index >= 15 is 0 Å². The quantitative estimate of drug-likeness (QED) is 0.595. The second kappa shape index (κ2) is 8.67. The van der Waals surface area contributed by atoms with Gasteiger partial charge in [0.05, 0.1) is 4.92 Å². The fraction of sp³-hybridized carbons (Fsp3) is 0.278. The minimum absolute atomic E-state index is 0.0135. The van der Waals surface area contributed by atoms with Crippen LogP contribution in [0.2, 0.25) is 0 Å². The molecule has 2 aromatic rings. The van der Waals surface area contributed by atoms with Gasteiger partial charge in [-0.1, -0.05) is 37.3 Å². The molecule has 6 nitrogen and oxygen atoms in total. The number of nitrogens with zero attached hydrogens (tertiary/aromatic N) is 1. The van der Waals surface area contributed by atoms with E-state index in [2.05, 4.69) is 12.2 Å². The van der Waals surface area contributed by atoms with Crippen LogP contribution in [-0.4, -0.2) is 24.0 Å². The van der Waals surface area contributed by atoms with E-state index in [9.17, 15) is 14.9 Å². The molecule has 126 valence electrons. The Morgan fingerprint density at radius 1 is 1.17 bits per heavy atom. The van der Waals surface area contributed by atoms with Crippen molar-refractivity contribution in [1.29, 1.82) is 0 Å². The fourth-order valence-electron chi connectivity index (χ4n) is 2.32. The van der Waals surface area contributed by atoms with E-state index in [0.29, 0.717) is 12.3 Å². The largest absolute Gasteiger partial charge is 0.484 e. The Hall–Kier alpha value is -2.89. The van der Waals surface area contributed by atoms with E-state index in [1.165, 1.54) is 29.8 Å². The molecule has 24 heavy (non-hydrogen) atoms. The third-order valence-electron chi connectivity index (χ3n) is 3.73. The van der Waals surface area contributed by atoms with Crippen molar-refractivity contribution in [3.63, 3.8) is 0 Å². The van der Waals surface area contributed by atoms with Gasteiger partial charge < -0.3 is 10.1 Å². The van der Waals surface area contributed by atoms with Crippen molar-refractivity contribution in [2.45, 2.75) is 19.3 Å². The lowest BCUT2D eigenvalue weighted by Gasteiger charge is -2.16. The zero-order valence-corrected chi connectivity index (χ0v) is 13.5. The van der Waals surface area contributed by atoms with Gasteiger partial charge in [-0.3, -0.25) is 14.9 Å². The molecule has 1 atom stereocenters. The number of non-ortho nitro benzene ring substituents is 1. The Labute approximate surface area is 140 Å². The molecule has 0 bridgehead atoms. The first kappa shape index (κ1) is 17.5. The highest BCUT2D eigenvalue weighted by Gasteiger charge is 2.11. The highest BCUT2D eigenvalue weighted by molar-refractivity contribution is 5.77. The summed E-state index contributed by atoms with van der Waals surface area (Å²) in [5, 5.41) is 13.4. The van der Waals surface area contributed by atoms with E-state index in [-0.39, 0.29) is 24.1 Å². The van der Waals surface area contributed by atoms with E-state index in [1.807, 2.05) is 30.3 Å². The Balaban J connectivity index is 1.79. The summed E-state index contributed by atoms with van der Waals surface area (Å²) in [4.78, 5) is 22.0. The normalized spacial score (nSPS) is 11.5. The number of ether oxygens (including phenoxy) is 1. The molecule has 0 saturated carbocycles. The van der Waals surface area contributed by atoms with Crippen LogP contribution < -0.4 is 10.1 Å². The van der Waals surface area contributed by atoms with E-state index < -0.39 is 4.92 Å². The number of hydrogen-bond donors (Lipinski definition) is 1. The van der Waals surface area contributed by atoms with Crippen LogP contribution in [0.1, 0.15) is 24.8 Å². The number of rotatable bonds is 8. The van der Waals surface area contributed by atoms with Crippen LogP contribution in [0, 0.1) is 10.1 Å². The molecular formula is C18H20N2O4. The third kappa shape index (κ3) is 5.08. The second-order valence-electron chi connectivity index (χ2n) is 5.36. The van der Waals surface area contributed by atoms with Crippen molar-refractivity contribution in [3.8, 4) is 5.75 Å². The molecule has 1 N–H and O–H groups in total. The lowest BCUT2D eigenvalue weighted by Crippen LogP contribution is -2.32. The van der Waals surface area contributed by atoms with Crippen LogP contribution in [0.25, 0.3) is 0 Å². The molecule has 6 heteroatoms. The van der Waals surface area contributed by atoms with E-state index in [0.717, 1.165) is 6.42 Å². The summed E-state index contributed by atoms with van der Waals surface area (Å²) in [6.07, 6.45) is 0.924. The maximum absolute atomic E-state index is 11.9. The summed E-state index contributed by atoms with van der Waals surface area (Å²) >= 11 is 0. The number of carbonyl (C=O) groups excluding carboxylic acids is 1. The lowest BCUT2D eigenvalue weighted by molar-refractivity contribution is -0.384. The van der Waals surface area contributed by atoms with Gasteiger partial charge in [0.2, 0.25) is 0 Å². The molecule has 0 aliphatic heterocycles. The van der Waals surface area contributed by atoms with Crippen LogP contribution in [0.5, 0.6) is 5.75 Å². The summed E-state index contributed by atoms with van der Waals surface area (Å²) < 4.78 is 5.34. The number of carbonyl (C=O) groups is 1. The Bertz CT molecular complexity index is 671. The van der Waals surface area contributed by atoms with Crippen LogP contribution >= 0.6 is 0 Å². The molecule has 1 unspecified atom stereocenters. The molecule has 0 saturated heterocycles. The number of nitro groups is 1. The number of benzene rings is 2. The minimum atomic E-state index is -0.481. The Kier molecular flexibility index (Phi) is 6.31. The van der Waals surface area contributed by atoms with Gasteiger partial charge in [-0.15, -0.1) is 0 Å². The van der Waals surface area contributed by atoms with Gasteiger partial charge in [-0.25, -0.2) is 0 Å². The number of hydrogen-bond acceptors (Lipinski definition) is 4. The zero-order valence-electron chi connectivity index (χ0n) is 13.5. The SMILES string of the molecule is CCC(CNC(=O)COc1ccc([N+](=O)[O-])cc1)c1ccccc1. The average molecular weight is 328 g/mol. The summed E-state index contributed by atoms with van der Waals surface area (Å²) in [7, 11) is 0. The van der Waals surface area contributed by atoms with Crippen LogP contribution in [0.3, 0.4) is 0 Å². The molecule has 0 aliphatic rings. The van der Waals surface area contributed by atoms with Gasteiger partial charge in [0.15, 0.2) is 6.61 Å². The molecule has 0 fully saturated rings. The molecule has 2 rings (SSSR count). The molecule has 1 amide bonds. The number of nitro benzene ring substituents is 1. The summed E-state index contributed by atoms with van der Waals surface area (Å²) in [6, 6.07) is 15.7. The van der Waals surface area contributed by atoms with Crippen LogP contribution in [0.4, 0.5) is 5.69 Å². The van der Waals surface area contributed by atoms with E-state index in [4.69, 9.17) is 4.74 Å². The number of amides is 1. The van der Waals surface area contributed by atoms with Crippen molar-refractivity contribution in [2.24, 2.45) is 0 Å². The van der Waals surface area contributed by atoms with Crippen molar-refractivity contribution < 1.29 is 14.5 Å². The molecule has 0 heterocycles. The van der Waals surface area contributed by atoms with Gasteiger partial charge in [-0.05, 0) is 24.1 Å². The van der Waals surface area contributed by atoms with Gasteiger partial charge in [0, 0.05) is 24.6 Å².